The molecule has 0 saturated carbocycles. The SMILES string of the molecule is COc1cc(C(=O)Nc2cc(C(F)(F)F)ccc2Oc2ccc(F)cc2)ccc1Oc1ccc(C(F)(F)F)cc1[N+](=O)[O-]. The number of nitro groups is 1. The van der Waals surface area contributed by atoms with Crippen LogP contribution in [-0.4, -0.2) is 17.9 Å². The molecule has 1 N–H and O–H groups in total. The number of alkyl halides is 6. The molecule has 0 unspecified atom stereocenters. The molecule has 0 radical (unpaired) electrons. The van der Waals surface area contributed by atoms with Gasteiger partial charge in [-0.05, 0) is 72.8 Å². The summed E-state index contributed by atoms with van der Waals surface area (Å²) in [5.41, 5.74) is -3.92. The molecule has 0 heterocycles. The highest BCUT2D eigenvalue weighted by molar-refractivity contribution is 6.05. The van der Waals surface area contributed by atoms with Gasteiger partial charge < -0.3 is 19.5 Å². The normalized spacial score (nSPS) is 11.5. The van der Waals surface area contributed by atoms with Crippen LogP contribution in [0.15, 0.2) is 78.9 Å². The van der Waals surface area contributed by atoms with Crippen LogP contribution < -0.4 is 19.5 Å². The number of ether oxygens (including phenoxy) is 3. The number of benzene rings is 4. The van der Waals surface area contributed by atoms with Gasteiger partial charge in [-0.25, -0.2) is 4.39 Å². The molecule has 0 aliphatic heterocycles. The van der Waals surface area contributed by atoms with Gasteiger partial charge in [0.25, 0.3) is 5.91 Å². The van der Waals surface area contributed by atoms with Gasteiger partial charge in [0.1, 0.15) is 11.6 Å². The van der Waals surface area contributed by atoms with Gasteiger partial charge in [0.15, 0.2) is 17.2 Å². The van der Waals surface area contributed by atoms with E-state index in [1.807, 2.05) is 0 Å². The van der Waals surface area contributed by atoms with Crippen LogP contribution in [0.4, 0.5) is 42.1 Å². The number of carbonyl (C=O) groups is 1. The van der Waals surface area contributed by atoms with Crippen molar-refractivity contribution in [3.8, 4) is 28.7 Å². The maximum Gasteiger partial charge on any atom is 0.416 e. The number of hydrogen-bond acceptors (Lipinski definition) is 6. The van der Waals surface area contributed by atoms with Gasteiger partial charge >= 0.3 is 18.0 Å². The Kier molecular flexibility index (Phi) is 8.45. The standard InChI is InChI=1S/C28H17F7N2O6/c1-41-25-12-15(2-9-24(25)43-23-11-4-17(28(33,34)35)14-21(23)37(39)40)26(38)36-20-13-16(27(30,31)32)3-10-22(20)42-19-7-5-18(29)6-8-19/h2-14H,1H3,(H,36,38). The summed E-state index contributed by atoms with van der Waals surface area (Å²) in [5.74, 6) is -2.61. The van der Waals surface area contributed by atoms with Crippen LogP contribution in [0.25, 0.3) is 0 Å². The number of amides is 1. The van der Waals surface area contributed by atoms with Gasteiger partial charge in [0.2, 0.25) is 5.75 Å². The summed E-state index contributed by atoms with van der Waals surface area (Å²) in [6.45, 7) is 0. The van der Waals surface area contributed by atoms with Crippen LogP contribution in [-0.2, 0) is 12.4 Å². The molecule has 0 atom stereocenters. The third-order valence-electron chi connectivity index (χ3n) is 5.73. The van der Waals surface area contributed by atoms with Crippen molar-refractivity contribution < 1.29 is 54.7 Å². The monoisotopic (exact) mass is 610 g/mol. The van der Waals surface area contributed by atoms with E-state index in [0.717, 1.165) is 55.6 Å². The molecule has 43 heavy (non-hydrogen) atoms. The van der Waals surface area contributed by atoms with Crippen molar-refractivity contribution >= 4 is 17.3 Å². The highest BCUT2D eigenvalue weighted by Gasteiger charge is 2.34. The number of carbonyl (C=O) groups excluding carboxylic acids is 1. The molecule has 8 nitrogen and oxygen atoms in total. The topological polar surface area (TPSA) is 99.9 Å². The van der Waals surface area contributed by atoms with Gasteiger partial charge in [-0.2, -0.15) is 26.3 Å². The summed E-state index contributed by atoms with van der Waals surface area (Å²) in [6.07, 6.45) is -9.61. The van der Waals surface area contributed by atoms with E-state index in [1.54, 1.807) is 0 Å². The molecule has 0 fully saturated rings. The smallest absolute Gasteiger partial charge is 0.416 e. The molecule has 0 aliphatic rings. The first-order valence-corrected chi connectivity index (χ1v) is 11.8. The van der Waals surface area contributed by atoms with Crippen molar-refractivity contribution in [2.45, 2.75) is 12.4 Å². The summed E-state index contributed by atoms with van der Waals surface area (Å²) in [7, 11) is 1.15. The summed E-state index contributed by atoms with van der Waals surface area (Å²) >= 11 is 0. The fraction of sp³-hybridized carbons (Fsp3) is 0.107. The highest BCUT2D eigenvalue weighted by atomic mass is 19.4. The Morgan fingerprint density at radius 2 is 1.33 bits per heavy atom. The second-order valence-corrected chi connectivity index (χ2v) is 8.62. The highest BCUT2D eigenvalue weighted by Crippen LogP contribution is 2.41. The average molecular weight is 610 g/mol. The molecular weight excluding hydrogens is 593 g/mol. The minimum atomic E-state index is -4.85. The Morgan fingerprint density at radius 3 is 1.91 bits per heavy atom. The zero-order chi connectivity index (χ0) is 31.5. The maximum atomic E-state index is 13.4. The lowest BCUT2D eigenvalue weighted by atomic mass is 10.1. The number of nitro benzene ring substituents is 1. The molecule has 1 amide bonds. The van der Waals surface area contributed by atoms with Gasteiger partial charge in [-0.15, -0.1) is 0 Å². The summed E-state index contributed by atoms with van der Waals surface area (Å²) in [4.78, 5) is 23.4. The van der Waals surface area contributed by atoms with Crippen molar-refractivity contribution in [2.75, 3.05) is 12.4 Å². The van der Waals surface area contributed by atoms with E-state index < -0.39 is 51.6 Å². The Morgan fingerprint density at radius 1 is 0.744 bits per heavy atom. The van der Waals surface area contributed by atoms with Crippen molar-refractivity contribution in [3.63, 3.8) is 0 Å². The van der Waals surface area contributed by atoms with E-state index in [2.05, 4.69) is 5.32 Å². The van der Waals surface area contributed by atoms with E-state index in [9.17, 15) is 45.6 Å². The van der Waals surface area contributed by atoms with E-state index >= 15 is 0 Å². The van der Waals surface area contributed by atoms with Crippen LogP contribution in [0.3, 0.4) is 0 Å². The first-order valence-electron chi connectivity index (χ1n) is 11.8. The fourth-order valence-corrected chi connectivity index (χ4v) is 3.65. The molecule has 0 aromatic heterocycles. The molecule has 0 aliphatic carbocycles. The van der Waals surface area contributed by atoms with Gasteiger partial charge in [-0.3, -0.25) is 14.9 Å². The second kappa shape index (κ2) is 11.9. The number of methoxy groups -OCH3 is 1. The lowest BCUT2D eigenvalue weighted by Crippen LogP contribution is -2.14. The molecule has 0 saturated heterocycles. The van der Waals surface area contributed by atoms with Crippen LogP contribution in [0.1, 0.15) is 21.5 Å². The number of anilines is 1. The van der Waals surface area contributed by atoms with Crippen LogP contribution in [0.2, 0.25) is 0 Å². The molecular formula is C28H17F7N2O6. The minimum Gasteiger partial charge on any atom is -0.493 e. The van der Waals surface area contributed by atoms with Crippen molar-refractivity contribution in [2.24, 2.45) is 0 Å². The zero-order valence-corrected chi connectivity index (χ0v) is 21.5. The van der Waals surface area contributed by atoms with E-state index in [0.29, 0.717) is 18.2 Å². The number of halogens is 7. The molecule has 0 spiro atoms. The second-order valence-electron chi connectivity index (χ2n) is 8.62. The van der Waals surface area contributed by atoms with E-state index in [-0.39, 0.29) is 34.2 Å². The molecule has 15 heteroatoms. The quantitative estimate of drug-likeness (QED) is 0.122. The molecule has 4 aromatic carbocycles. The van der Waals surface area contributed by atoms with E-state index in [1.165, 1.54) is 12.1 Å². The molecule has 4 aromatic rings. The van der Waals surface area contributed by atoms with Gasteiger partial charge in [0, 0.05) is 11.6 Å². The summed E-state index contributed by atoms with van der Waals surface area (Å²) in [5, 5.41) is 13.7. The van der Waals surface area contributed by atoms with Crippen LogP contribution in [0, 0.1) is 15.9 Å². The predicted molar refractivity (Wildman–Crippen MR) is 137 cm³/mol. The van der Waals surface area contributed by atoms with Gasteiger partial charge in [0.05, 0.1) is 28.8 Å². The first kappa shape index (κ1) is 30.6. The number of hydrogen-bond donors (Lipinski definition) is 1. The van der Waals surface area contributed by atoms with Crippen molar-refractivity contribution in [1.29, 1.82) is 0 Å². The predicted octanol–water partition coefficient (Wildman–Crippen LogP) is 8.62. The Bertz CT molecular complexity index is 1670. The third kappa shape index (κ3) is 7.30. The third-order valence-corrected chi connectivity index (χ3v) is 5.73. The summed E-state index contributed by atoms with van der Waals surface area (Å²) in [6, 6.07) is 11.9. The lowest BCUT2D eigenvalue weighted by molar-refractivity contribution is -0.385. The largest absolute Gasteiger partial charge is 0.493 e. The molecule has 224 valence electrons. The lowest BCUT2D eigenvalue weighted by Gasteiger charge is -2.16. The van der Waals surface area contributed by atoms with Crippen LogP contribution in [0.5, 0.6) is 28.7 Å². The first-order chi connectivity index (χ1) is 20.2. The molecule has 4 rings (SSSR count). The number of nitrogens with zero attached hydrogens (tertiary/aromatic N) is 1. The van der Waals surface area contributed by atoms with Crippen LogP contribution >= 0.6 is 0 Å². The Hall–Kier alpha value is -5.34. The summed E-state index contributed by atoms with van der Waals surface area (Å²) < 4.78 is 109. The number of nitrogens with one attached hydrogen (secondary N) is 1. The van der Waals surface area contributed by atoms with Gasteiger partial charge in [-0.1, -0.05) is 0 Å². The van der Waals surface area contributed by atoms with Crippen molar-refractivity contribution in [1.82, 2.24) is 0 Å². The van der Waals surface area contributed by atoms with E-state index in [4.69, 9.17) is 14.2 Å². The maximum absolute atomic E-state index is 13.4. The fourth-order valence-electron chi connectivity index (χ4n) is 3.65. The zero-order valence-electron chi connectivity index (χ0n) is 21.5. The number of rotatable bonds is 8. The minimum absolute atomic E-state index is 0.0668. The Balaban J connectivity index is 1.63. The average Bonchev–Trinajstić information content (AvgIpc) is 2.94. The van der Waals surface area contributed by atoms with Crippen molar-refractivity contribution in [3.05, 3.63) is 111 Å². The molecule has 0 bridgehead atoms. The Labute approximate surface area is 237 Å².